The highest BCUT2D eigenvalue weighted by molar-refractivity contribution is 7.89. The van der Waals surface area contributed by atoms with Crippen LogP contribution in [0.3, 0.4) is 0 Å². The molecule has 14 heteroatoms. The van der Waals surface area contributed by atoms with Gasteiger partial charge in [-0.1, -0.05) is 13.8 Å². The number of rotatable bonds is 9. The summed E-state index contributed by atoms with van der Waals surface area (Å²) < 4.78 is 78.4. The molecule has 2 fully saturated rings. The van der Waals surface area contributed by atoms with Crippen molar-refractivity contribution in [1.29, 1.82) is 0 Å². The Bertz CT molecular complexity index is 1210. The van der Waals surface area contributed by atoms with Gasteiger partial charge in [-0.2, -0.15) is 12.9 Å². The van der Waals surface area contributed by atoms with E-state index in [-0.39, 0.29) is 47.9 Å². The molecule has 2 aliphatic heterocycles. The summed E-state index contributed by atoms with van der Waals surface area (Å²) in [4.78, 5) is 12.7. The van der Waals surface area contributed by atoms with E-state index in [2.05, 4.69) is 5.32 Å². The highest BCUT2D eigenvalue weighted by Crippen LogP contribution is 2.26. The van der Waals surface area contributed by atoms with E-state index in [4.69, 9.17) is 0 Å². The van der Waals surface area contributed by atoms with Crippen molar-refractivity contribution in [3.05, 3.63) is 24.3 Å². The van der Waals surface area contributed by atoms with Crippen molar-refractivity contribution < 1.29 is 30.0 Å². The molecule has 0 bridgehead atoms. The van der Waals surface area contributed by atoms with Crippen molar-refractivity contribution in [1.82, 2.24) is 18.2 Å². The summed E-state index contributed by atoms with van der Waals surface area (Å²) in [5.41, 5.74) is 0. The van der Waals surface area contributed by atoms with Gasteiger partial charge in [-0.15, -0.1) is 0 Å². The molecule has 3 rings (SSSR count). The van der Waals surface area contributed by atoms with Gasteiger partial charge >= 0.3 is 0 Å². The van der Waals surface area contributed by atoms with Gasteiger partial charge in [-0.05, 0) is 37.1 Å². The molecule has 0 unspecified atom stereocenters. The lowest BCUT2D eigenvalue weighted by Crippen LogP contribution is -2.61. The van der Waals surface area contributed by atoms with Gasteiger partial charge < -0.3 is 5.32 Å². The summed E-state index contributed by atoms with van der Waals surface area (Å²) in [5.74, 6) is -0.836. The summed E-state index contributed by atoms with van der Waals surface area (Å²) >= 11 is 0. The van der Waals surface area contributed by atoms with E-state index in [9.17, 15) is 30.0 Å². The lowest BCUT2D eigenvalue weighted by atomic mass is 9.98. The lowest BCUT2D eigenvalue weighted by molar-refractivity contribution is -0.127. The predicted octanol–water partition coefficient (Wildman–Crippen LogP) is -0.122. The summed E-state index contributed by atoms with van der Waals surface area (Å²) in [6, 6.07) is 4.86. The summed E-state index contributed by atoms with van der Waals surface area (Å²) in [6.45, 7) is 4.77. The van der Waals surface area contributed by atoms with E-state index < -0.39 is 36.0 Å². The molecule has 192 valence electrons. The van der Waals surface area contributed by atoms with Gasteiger partial charge in [0.25, 0.3) is 0 Å². The third kappa shape index (κ3) is 5.62. The standard InChI is InChI=1S/C20H32N4O7S3/c1-4-22(5-2)33(28,29)18-8-10-19(11-9-18)34(30,31)23-12-6-7-16(13-23)20(25)21-17-14-24(15-17)32(3,26)27/h8-11,16-17H,4-7,12-15H2,1-3H3,(H,21,25)/t16-/m1/s1. The fraction of sp³-hybridized carbons (Fsp3) is 0.650. The molecule has 1 N–H and O–H groups in total. The Morgan fingerprint density at radius 1 is 0.941 bits per heavy atom. The first kappa shape index (κ1) is 27.0. The Morgan fingerprint density at radius 2 is 1.50 bits per heavy atom. The van der Waals surface area contributed by atoms with Crippen molar-refractivity contribution in [2.75, 3.05) is 45.5 Å². The van der Waals surface area contributed by atoms with Gasteiger partial charge in [0.05, 0.1) is 28.0 Å². The molecule has 0 radical (unpaired) electrons. The minimum absolute atomic E-state index is 0.0101. The van der Waals surface area contributed by atoms with E-state index in [0.717, 1.165) is 6.26 Å². The molecule has 1 aromatic rings. The quantitative estimate of drug-likeness (QED) is 0.464. The smallest absolute Gasteiger partial charge is 0.243 e. The van der Waals surface area contributed by atoms with Crippen molar-refractivity contribution in [3.63, 3.8) is 0 Å². The van der Waals surface area contributed by atoms with Crippen molar-refractivity contribution >= 4 is 36.0 Å². The maximum atomic E-state index is 13.2. The number of piperidine rings is 1. The topological polar surface area (TPSA) is 141 Å². The zero-order valence-corrected chi connectivity index (χ0v) is 22.0. The van der Waals surface area contributed by atoms with E-state index >= 15 is 0 Å². The zero-order chi connectivity index (χ0) is 25.3. The fourth-order valence-corrected chi connectivity index (χ4v) is 8.02. The molecule has 1 amide bonds. The van der Waals surface area contributed by atoms with Gasteiger partial charge in [0, 0.05) is 39.3 Å². The van der Waals surface area contributed by atoms with E-state index in [1.54, 1.807) is 13.8 Å². The third-order valence-corrected chi connectivity index (χ3v) is 11.4. The molecule has 0 aromatic heterocycles. The number of benzene rings is 1. The summed E-state index contributed by atoms with van der Waals surface area (Å²) in [6.07, 6.45) is 2.15. The molecule has 0 saturated carbocycles. The van der Waals surface area contributed by atoms with Gasteiger partial charge in [0.15, 0.2) is 0 Å². The SMILES string of the molecule is CCN(CC)S(=O)(=O)c1ccc(S(=O)(=O)N2CCC[C@@H](C(=O)NC3CN(S(C)(=O)=O)C3)C2)cc1. The number of nitrogens with zero attached hydrogens (tertiary/aromatic N) is 3. The lowest BCUT2D eigenvalue weighted by Gasteiger charge is -2.39. The third-order valence-electron chi connectivity index (χ3n) is 6.22. The minimum atomic E-state index is -3.91. The molecular formula is C20H32N4O7S3. The molecular weight excluding hydrogens is 504 g/mol. The number of carbonyl (C=O) groups is 1. The van der Waals surface area contributed by atoms with Crippen LogP contribution in [0.1, 0.15) is 26.7 Å². The average Bonchev–Trinajstić information content (AvgIpc) is 2.75. The Balaban J connectivity index is 1.67. The molecule has 0 spiro atoms. The number of carbonyl (C=O) groups excluding carboxylic acids is 1. The highest BCUT2D eigenvalue weighted by Gasteiger charge is 2.38. The first-order chi connectivity index (χ1) is 15.8. The highest BCUT2D eigenvalue weighted by atomic mass is 32.2. The second-order valence-corrected chi connectivity index (χ2v) is 14.4. The first-order valence-corrected chi connectivity index (χ1v) is 15.9. The molecule has 2 saturated heterocycles. The largest absolute Gasteiger partial charge is 0.350 e. The number of hydrogen-bond donors (Lipinski definition) is 1. The second-order valence-electron chi connectivity index (χ2n) is 8.55. The number of sulfonamides is 3. The Morgan fingerprint density at radius 3 is 2.03 bits per heavy atom. The molecule has 34 heavy (non-hydrogen) atoms. The Kier molecular flexibility index (Phi) is 8.10. The molecule has 2 heterocycles. The van der Waals surface area contributed by atoms with Crippen LogP contribution in [0.25, 0.3) is 0 Å². The number of nitrogens with one attached hydrogen (secondary N) is 1. The first-order valence-electron chi connectivity index (χ1n) is 11.2. The number of amides is 1. The Labute approximate surface area is 202 Å². The maximum Gasteiger partial charge on any atom is 0.243 e. The van der Waals surface area contributed by atoms with Crippen LogP contribution in [-0.2, 0) is 34.9 Å². The molecule has 1 atom stereocenters. The van der Waals surface area contributed by atoms with Gasteiger partial charge in [-0.25, -0.2) is 25.3 Å². The predicted molar refractivity (Wildman–Crippen MR) is 126 cm³/mol. The van der Waals surface area contributed by atoms with E-state index in [0.29, 0.717) is 25.9 Å². The van der Waals surface area contributed by atoms with Crippen LogP contribution < -0.4 is 5.32 Å². The van der Waals surface area contributed by atoms with Crippen molar-refractivity contribution in [2.24, 2.45) is 5.92 Å². The number of hydrogen-bond acceptors (Lipinski definition) is 7. The molecule has 11 nitrogen and oxygen atoms in total. The second kappa shape index (κ2) is 10.2. The van der Waals surface area contributed by atoms with Crippen LogP contribution in [0.5, 0.6) is 0 Å². The van der Waals surface area contributed by atoms with Crippen molar-refractivity contribution in [2.45, 2.75) is 42.5 Å². The minimum Gasteiger partial charge on any atom is -0.350 e. The molecule has 0 aliphatic carbocycles. The van der Waals surface area contributed by atoms with Crippen LogP contribution in [0.2, 0.25) is 0 Å². The average molecular weight is 537 g/mol. The monoisotopic (exact) mass is 536 g/mol. The van der Waals surface area contributed by atoms with E-state index in [1.165, 1.54) is 37.2 Å². The van der Waals surface area contributed by atoms with Crippen LogP contribution in [-0.4, -0.2) is 95.6 Å². The fourth-order valence-electron chi connectivity index (χ4n) is 4.14. The van der Waals surface area contributed by atoms with E-state index in [1.807, 2.05) is 0 Å². The van der Waals surface area contributed by atoms with Crippen molar-refractivity contribution in [3.8, 4) is 0 Å². The summed E-state index contributed by atoms with van der Waals surface area (Å²) in [5, 5.41) is 2.81. The van der Waals surface area contributed by atoms with Crippen LogP contribution in [0.4, 0.5) is 0 Å². The maximum absolute atomic E-state index is 13.2. The zero-order valence-electron chi connectivity index (χ0n) is 19.5. The van der Waals surface area contributed by atoms with Gasteiger partial charge in [0.2, 0.25) is 36.0 Å². The normalized spacial score (nSPS) is 21.4. The van der Waals surface area contributed by atoms with Crippen LogP contribution in [0, 0.1) is 5.92 Å². The Hall–Kier alpha value is -1.58. The van der Waals surface area contributed by atoms with Crippen LogP contribution in [0.15, 0.2) is 34.1 Å². The van der Waals surface area contributed by atoms with Gasteiger partial charge in [-0.3, -0.25) is 4.79 Å². The molecule has 2 aliphatic rings. The van der Waals surface area contributed by atoms with Crippen LogP contribution >= 0.6 is 0 Å². The van der Waals surface area contributed by atoms with Gasteiger partial charge in [0.1, 0.15) is 0 Å². The molecule has 1 aromatic carbocycles. The summed E-state index contributed by atoms with van der Waals surface area (Å²) in [7, 11) is -10.9.